The molecular formula is C11H21NO3. The summed E-state index contributed by atoms with van der Waals surface area (Å²) in [6.07, 6.45) is 3.33. The number of rotatable bonds is 7. The van der Waals surface area contributed by atoms with Gasteiger partial charge >= 0.3 is 5.97 Å². The van der Waals surface area contributed by atoms with E-state index in [0.717, 1.165) is 32.4 Å². The van der Waals surface area contributed by atoms with E-state index in [-0.39, 0.29) is 6.54 Å². The van der Waals surface area contributed by atoms with Crippen molar-refractivity contribution in [1.82, 2.24) is 4.90 Å². The molecule has 1 fully saturated rings. The fourth-order valence-corrected chi connectivity index (χ4v) is 2.06. The molecule has 1 aliphatic rings. The minimum Gasteiger partial charge on any atom is -0.480 e. The number of carboxylic acids is 1. The molecule has 0 radical (unpaired) electrons. The maximum atomic E-state index is 10.7. The number of carboxylic acid groups (broad SMARTS) is 1. The predicted octanol–water partition coefficient (Wildman–Crippen LogP) is 1.35. The van der Waals surface area contributed by atoms with Crippen LogP contribution < -0.4 is 0 Å². The van der Waals surface area contributed by atoms with Gasteiger partial charge < -0.3 is 9.84 Å². The summed E-state index contributed by atoms with van der Waals surface area (Å²) in [5, 5.41) is 8.78. The summed E-state index contributed by atoms with van der Waals surface area (Å²) in [5.41, 5.74) is 0. The van der Waals surface area contributed by atoms with Gasteiger partial charge in [0.2, 0.25) is 0 Å². The molecule has 0 heterocycles. The van der Waals surface area contributed by atoms with Gasteiger partial charge in [-0.1, -0.05) is 6.92 Å². The second-order valence-electron chi connectivity index (χ2n) is 4.07. The molecule has 4 nitrogen and oxygen atoms in total. The molecule has 0 atom stereocenters. The highest BCUT2D eigenvalue weighted by molar-refractivity contribution is 5.69. The molecule has 88 valence electrons. The Balaban J connectivity index is 2.29. The summed E-state index contributed by atoms with van der Waals surface area (Å²) in [4.78, 5) is 12.7. The zero-order valence-electron chi connectivity index (χ0n) is 9.61. The molecule has 1 N–H and O–H groups in total. The van der Waals surface area contributed by atoms with Gasteiger partial charge in [0.15, 0.2) is 0 Å². The summed E-state index contributed by atoms with van der Waals surface area (Å²) in [7, 11) is 0. The van der Waals surface area contributed by atoms with Crippen molar-refractivity contribution in [2.75, 3.05) is 19.7 Å². The van der Waals surface area contributed by atoms with Gasteiger partial charge in [0.05, 0.1) is 12.6 Å². The van der Waals surface area contributed by atoms with Crippen LogP contribution >= 0.6 is 0 Å². The molecule has 0 amide bonds. The molecule has 0 bridgehead atoms. The first-order chi connectivity index (χ1) is 7.17. The number of carbonyl (C=O) groups is 1. The molecule has 1 rings (SSSR count). The summed E-state index contributed by atoms with van der Waals surface area (Å²) in [6, 6.07) is 0.414. The SMILES string of the molecule is CCCN(CC(=O)O)C1CC(OCC)C1. The zero-order chi connectivity index (χ0) is 11.3. The van der Waals surface area contributed by atoms with Crippen LogP contribution in [-0.4, -0.2) is 47.8 Å². The summed E-state index contributed by atoms with van der Waals surface area (Å²) in [5.74, 6) is -0.733. The highest BCUT2D eigenvalue weighted by Crippen LogP contribution is 2.28. The van der Waals surface area contributed by atoms with E-state index in [1.165, 1.54) is 0 Å². The number of hydrogen-bond acceptors (Lipinski definition) is 3. The molecule has 1 aliphatic carbocycles. The van der Waals surface area contributed by atoms with Crippen molar-refractivity contribution in [1.29, 1.82) is 0 Å². The van der Waals surface area contributed by atoms with E-state index < -0.39 is 5.97 Å². The molecule has 4 heteroatoms. The maximum Gasteiger partial charge on any atom is 0.317 e. The highest BCUT2D eigenvalue weighted by atomic mass is 16.5. The summed E-state index contributed by atoms with van der Waals surface area (Å²) in [6.45, 7) is 5.86. The Labute approximate surface area is 91.2 Å². The van der Waals surface area contributed by atoms with Crippen LogP contribution in [0.15, 0.2) is 0 Å². The molecule has 0 aromatic carbocycles. The van der Waals surface area contributed by atoms with Crippen molar-refractivity contribution < 1.29 is 14.6 Å². The van der Waals surface area contributed by atoms with Crippen molar-refractivity contribution in [2.45, 2.75) is 45.3 Å². The fourth-order valence-electron chi connectivity index (χ4n) is 2.06. The van der Waals surface area contributed by atoms with E-state index in [2.05, 4.69) is 11.8 Å². The van der Waals surface area contributed by atoms with Gasteiger partial charge in [-0.05, 0) is 32.7 Å². The molecule has 1 saturated carbocycles. The Morgan fingerprint density at radius 1 is 1.47 bits per heavy atom. The highest BCUT2D eigenvalue weighted by Gasteiger charge is 2.34. The second-order valence-corrected chi connectivity index (χ2v) is 4.07. The molecule has 0 aromatic heterocycles. The van der Waals surface area contributed by atoms with E-state index in [4.69, 9.17) is 9.84 Å². The monoisotopic (exact) mass is 215 g/mol. The molecular weight excluding hydrogens is 194 g/mol. The van der Waals surface area contributed by atoms with Crippen molar-refractivity contribution in [3.63, 3.8) is 0 Å². The van der Waals surface area contributed by atoms with Crippen molar-refractivity contribution in [3.8, 4) is 0 Å². The Hall–Kier alpha value is -0.610. The van der Waals surface area contributed by atoms with Gasteiger partial charge in [-0.3, -0.25) is 9.69 Å². The van der Waals surface area contributed by atoms with E-state index in [1.807, 2.05) is 6.92 Å². The molecule has 0 unspecified atom stereocenters. The third-order valence-electron chi connectivity index (χ3n) is 2.84. The van der Waals surface area contributed by atoms with Gasteiger partial charge in [-0.15, -0.1) is 0 Å². The summed E-state index contributed by atoms with van der Waals surface area (Å²) < 4.78 is 5.47. The van der Waals surface area contributed by atoms with Crippen LogP contribution in [0.5, 0.6) is 0 Å². The standard InChI is InChI=1S/C11H21NO3/c1-3-5-12(8-11(13)14)9-6-10(7-9)15-4-2/h9-10H,3-8H2,1-2H3,(H,13,14). The van der Waals surface area contributed by atoms with Gasteiger partial charge in [0.25, 0.3) is 0 Å². The third-order valence-corrected chi connectivity index (χ3v) is 2.84. The third kappa shape index (κ3) is 3.80. The fraction of sp³-hybridized carbons (Fsp3) is 0.909. The van der Waals surface area contributed by atoms with Gasteiger partial charge in [-0.25, -0.2) is 0 Å². The number of ether oxygens (including phenoxy) is 1. The lowest BCUT2D eigenvalue weighted by atomic mass is 9.87. The van der Waals surface area contributed by atoms with Crippen LogP contribution in [0.3, 0.4) is 0 Å². The van der Waals surface area contributed by atoms with Crippen LogP contribution in [-0.2, 0) is 9.53 Å². The average Bonchev–Trinajstić information content (AvgIpc) is 2.09. The number of nitrogens with zero attached hydrogens (tertiary/aromatic N) is 1. The minimum absolute atomic E-state index is 0.164. The van der Waals surface area contributed by atoms with Crippen molar-refractivity contribution in [3.05, 3.63) is 0 Å². The molecule has 15 heavy (non-hydrogen) atoms. The summed E-state index contributed by atoms with van der Waals surface area (Å²) >= 11 is 0. The average molecular weight is 215 g/mol. The quantitative estimate of drug-likeness (QED) is 0.696. The smallest absolute Gasteiger partial charge is 0.317 e. The molecule has 0 aromatic rings. The first-order valence-corrected chi connectivity index (χ1v) is 5.74. The normalized spacial score (nSPS) is 25.3. The lowest BCUT2D eigenvalue weighted by molar-refractivity contribution is -0.140. The Kier molecular flexibility index (Phi) is 5.05. The van der Waals surface area contributed by atoms with Crippen LogP contribution in [0.4, 0.5) is 0 Å². The Morgan fingerprint density at radius 3 is 2.60 bits per heavy atom. The van der Waals surface area contributed by atoms with Crippen LogP contribution in [0.1, 0.15) is 33.1 Å². The van der Waals surface area contributed by atoms with Gasteiger partial charge in [0.1, 0.15) is 0 Å². The van der Waals surface area contributed by atoms with Crippen LogP contribution in [0, 0.1) is 0 Å². The number of aliphatic carboxylic acids is 1. The van der Waals surface area contributed by atoms with Crippen LogP contribution in [0.2, 0.25) is 0 Å². The number of hydrogen-bond donors (Lipinski definition) is 1. The molecule has 0 aliphatic heterocycles. The van der Waals surface area contributed by atoms with Gasteiger partial charge in [-0.2, -0.15) is 0 Å². The maximum absolute atomic E-state index is 10.7. The largest absolute Gasteiger partial charge is 0.480 e. The molecule has 0 saturated heterocycles. The lowest BCUT2D eigenvalue weighted by Crippen LogP contribution is -2.50. The van der Waals surface area contributed by atoms with Gasteiger partial charge in [0, 0.05) is 12.6 Å². The first-order valence-electron chi connectivity index (χ1n) is 5.74. The Bertz CT molecular complexity index is 202. The zero-order valence-corrected chi connectivity index (χ0v) is 9.61. The van der Waals surface area contributed by atoms with Crippen molar-refractivity contribution in [2.24, 2.45) is 0 Å². The minimum atomic E-state index is -0.733. The van der Waals surface area contributed by atoms with E-state index in [9.17, 15) is 4.79 Å². The first kappa shape index (κ1) is 12.5. The lowest BCUT2D eigenvalue weighted by Gasteiger charge is -2.41. The van der Waals surface area contributed by atoms with E-state index in [0.29, 0.717) is 12.1 Å². The van der Waals surface area contributed by atoms with E-state index >= 15 is 0 Å². The predicted molar refractivity (Wildman–Crippen MR) is 57.9 cm³/mol. The van der Waals surface area contributed by atoms with E-state index in [1.54, 1.807) is 0 Å². The van der Waals surface area contributed by atoms with Crippen LogP contribution in [0.25, 0.3) is 0 Å². The Morgan fingerprint density at radius 2 is 2.13 bits per heavy atom. The topological polar surface area (TPSA) is 49.8 Å². The molecule has 0 spiro atoms. The second kappa shape index (κ2) is 6.08. The van der Waals surface area contributed by atoms with Crippen molar-refractivity contribution >= 4 is 5.97 Å².